The molecule has 0 unspecified atom stereocenters. The van der Waals surface area contributed by atoms with Gasteiger partial charge in [0.25, 0.3) is 0 Å². The average molecular weight is 304 g/mol. The van der Waals surface area contributed by atoms with Gasteiger partial charge >= 0.3 is 0 Å². The minimum Gasteiger partial charge on any atom is -0.350 e. The van der Waals surface area contributed by atoms with Gasteiger partial charge in [0, 0.05) is 48.1 Å². The molecule has 0 saturated carbocycles. The molecule has 0 bridgehead atoms. The zero-order chi connectivity index (χ0) is 15.0. The second-order valence-corrected chi connectivity index (χ2v) is 6.87. The van der Waals surface area contributed by atoms with Crippen LogP contribution in [0.1, 0.15) is 11.3 Å². The molecule has 110 valence electrons. The van der Waals surface area contributed by atoms with Crippen LogP contribution in [-0.4, -0.2) is 29.2 Å². The van der Waals surface area contributed by atoms with Crippen molar-refractivity contribution in [2.24, 2.45) is 7.05 Å². The molecule has 2 heterocycles. The molecule has 0 aliphatic heterocycles. The lowest BCUT2D eigenvalue weighted by molar-refractivity contribution is 0.607. The molecule has 3 rings (SSSR count). The molecule has 2 aromatic heterocycles. The Hall–Kier alpha value is -2.28. The van der Waals surface area contributed by atoms with Crippen LogP contribution in [0.4, 0.5) is 5.69 Å². The van der Waals surface area contributed by atoms with Gasteiger partial charge in [-0.25, -0.2) is 13.4 Å². The van der Waals surface area contributed by atoms with Crippen molar-refractivity contribution in [3.8, 4) is 0 Å². The van der Waals surface area contributed by atoms with Gasteiger partial charge in [-0.3, -0.25) is 4.72 Å². The topological polar surface area (TPSA) is 79.8 Å². The van der Waals surface area contributed by atoms with Gasteiger partial charge < -0.3 is 9.55 Å². The summed E-state index contributed by atoms with van der Waals surface area (Å²) in [5, 5.41) is 1.03. The van der Waals surface area contributed by atoms with E-state index in [1.165, 1.54) is 0 Å². The SMILES string of the molecule is Cn1cc(Cc2cnc[nH]2)c2cc(NS(C)(=O)=O)ccc21. The first-order valence-corrected chi connectivity index (χ1v) is 8.34. The van der Waals surface area contributed by atoms with E-state index in [9.17, 15) is 8.42 Å². The van der Waals surface area contributed by atoms with Crippen molar-refractivity contribution in [1.29, 1.82) is 0 Å². The number of hydrogen-bond donors (Lipinski definition) is 2. The number of aromatic nitrogens is 3. The van der Waals surface area contributed by atoms with E-state index in [4.69, 9.17) is 0 Å². The number of hydrogen-bond acceptors (Lipinski definition) is 3. The summed E-state index contributed by atoms with van der Waals surface area (Å²) < 4.78 is 27.3. The third-order valence-corrected chi connectivity index (χ3v) is 3.92. The van der Waals surface area contributed by atoms with Gasteiger partial charge in [-0.2, -0.15) is 0 Å². The van der Waals surface area contributed by atoms with Gasteiger partial charge in [-0.1, -0.05) is 0 Å². The minimum atomic E-state index is -3.27. The van der Waals surface area contributed by atoms with Crippen LogP contribution in [0.3, 0.4) is 0 Å². The molecule has 7 heteroatoms. The average Bonchev–Trinajstić information content (AvgIpc) is 2.98. The Kier molecular flexibility index (Phi) is 3.21. The second kappa shape index (κ2) is 4.92. The van der Waals surface area contributed by atoms with Gasteiger partial charge in [-0.05, 0) is 23.8 Å². The Balaban J connectivity index is 2.05. The summed E-state index contributed by atoms with van der Waals surface area (Å²) in [5.74, 6) is 0. The van der Waals surface area contributed by atoms with E-state index in [1.54, 1.807) is 18.6 Å². The summed E-state index contributed by atoms with van der Waals surface area (Å²) >= 11 is 0. The fourth-order valence-corrected chi connectivity index (χ4v) is 3.03. The van der Waals surface area contributed by atoms with Gasteiger partial charge in [0.1, 0.15) is 0 Å². The molecule has 0 aliphatic carbocycles. The maximum atomic E-state index is 11.4. The van der Waals surface area contributed by atoms with Crippen LogP contribution in [0.5, 0.6) is 0 Å². The lowest BCUT2D eigenvalue weighted by Crippen LogP contribution is -2.09. The van der Waals surface area contributed by atoms with Crippen molar-refractivity contribution in [1.82, 2.24) is 14.5 Å². The van der Waals surface area contributed by atoms with Crippen LogP contribution < -0.4 is 4.72 Å². The molecule has 0 amide bonds. The first kappa shape index (κ1) is 13.7. The van der Waals surface area contributed by atoms with Crippen LogP contribution in [0.2, 0.25) is 0 Å². The third kappa shape index (κ3) is 2.92. The van der Waals surface area contributed by atoms with E-state index in [0.717, 1.165) is 34.8 Å². The number of nitrogens with one attached hydrogen (secondary N) is 2. The Morgan fingerprint density at radius 3 is 2.86 bits per heavy atom. The maximum Gasteiger partial charge on any atom is 0.229 e. The highest BCUT2D eigenvalue weighted by Crippen LogP contribution is 2.26. The summed E-state index contributed by atoms with van der Waals surface area (Å²) in [6, 6.07) is 5.55. The van der Waals surface area contributed by atoms with Gasteiger partial charge in [0.05, 0.1) is 12.6 Å². The van der Waals surface area contributed by atoms with Crippen molar-refractivity contribution in [3.63, 3.8) is 0 Å². The standard InChI is InChI=1S/C14H16N4O2S/c1-18-8-10(5-12-7-15-9-16-12)13-6-11(3-4-14(13)18)17-21(2,19)20/h3-4,6-9,17H,5H2,1-2H3,(H,15,16). The van der Waals surface area contributed by atoms with E-state index >= 15 is 0 Å². The summed E-state index contributed by atoms with van der Waals surface area (Å²) in [7, 11) is -1.30. The molecular weight excluding hydrogens is 288 g/mol. The molecule has 0 spiro atoms. The second-order valence-electron chi connectivity index (χ2n) is 5.13. The third-order valence-electron chi connectivity index (χ3n) is 3.31. The van der Waals surface area contributed by atoms with Crippen LogP contribution in [0, 0.1) is 0 Å². The number of H-pyrrole nitrogens is 1. The first-order valence-electron chi connectivity index (χ1n) is 6.45. The lowest BCUT2D eigenvalue weighted by atomic mass is 10.1. The van der Waals surface area contributed by atoms with E-state index in [-0.39, 0.29) is 0 Å². The number of nitrogens with zero attached hydrogens (tertiary/aromatic N) is 2. The number of aromatic amines is 1. The van der Waals surface area contributed by atoms with E-state index in [1.807, 2.05) is 23.7 Å². The molecule has 6 nitrogen and oxygen atoms in total. The molecule has 3 aromatic rings. The fraction of sp³-hybridized carbons (Fsp3) is 0.214. The quantitative estimate of drug-likeness (QED) is 0.772. The molecule has 1 aromatic carbocycles. The zero-order valence-electron chi connectivity index (χ0n) is 11.8. The highest BCUT2D eigenvalue weighted by molar-refractivity contribution is 7.92. The number of fused-ring (bicyclic) bond motifs is 1. The molecule has 2 N–H and O–H groups in total. The number of imidazole rings is 1. The molecule has 0 aliphatic rings. The summed E-state index contributed by atoms with van der Waals surface area (Å²) in [6.07, 6.45) is 7.36. The summed E-state index contributed by atoms with van der Waals surface area (Å²) in [6.45, 7) is 0. The Bertz CT molecular complexity index is 879. The van der Waals surface area contributed by atoms with E-state index in [0.29, 0.717) is 5.69 Å². The van der Waals surface area contributed by atoms with Crippen molar-refractivity contribution in [2.45, 2.75) is 6.42 Å². The lowest BCUT2D eigenvalue weighted by Gasteiger charge is -2.05. The normalized spacial score (nSPS) is 11.9. The minimum absolute atomic E-state index is 0.571. The Labute approximate surface area is 122 Å². The predicted molar refractivity (Wildman–Crippen MR) is 82.8 cm³/mol. The van der Waals surface area contributed by atoms with Crippen LogP contribution in [0.25, 0.3) is 10.9 Å². The van der Waals surface area contributed by atoms with Crippen LogP contribution >= 0.6 is 0 Å². The Morgan fingerprint density at radius 2 is 2.19 bits per heavy atom. The van der Waals surface area contributed by atoms with Crippen LogP contribution in [-0.2, 0) is 23.5 Å². The predicted octanol–water partition coefficient (Wildman–Crippen LogP) is 1.86. The van der Waals surface area contributed by atoms with Crippen LogP contribution in [0.15, 0.2) is 36.9 Å². The van der Waals surface area contributed by atoms with Crippen molar-refractivity contribution >= 4 is 26.6 Å². The molecule has 0 atom stereocenters. The largest absolute Gasteiger partial charge is 0.350 e. The first-order chi connectivity index (χ1) is 9.92. The number of aryl methyl sites for hydroxylation is 1. The van der Waals surface area contributed by atoms with Crippen molar-refractivity contribution < 1.29 is 8.42 Å². The highest BCUT2D eigenvalue weighted by Gasteiger charge is 2.10. The number of rotatable bonds is 4. The van der Waals surface area contributed by atoms with Gasteiger partial charge in [0.15, 0.2) is 0 Å². The Morgan fingerprint density at radius 1 is 1.38 bits per heavy atom. The number of sulfonamides is 1. The summed E-state index contributed by atoms with van der Waals surface area (Å²) in [5.41, 5.74) is 3.77. The maximum absolute atomic E-state index is 11.4. The molecule has 0 fully saturated rings. The summed E-state index contributed by atoms with van der Waals surface area (Å²) in [4.78, 5) is 7.10. The van der Waals surface area contributed by atoms with E-state index < -0.39 is 10.0 Å². The van der Waals surface area contributed by atoms with Crippen molar-refractivity contribution in [2.75, 3.05) is 11.0 Å². The molecule has 0 saturated heterocycles. The van der Waals surface area contributed by atoms with Gasteiger partial charge in [0.2, 0.25) is 10.0 Å². The number of anilines is 1. The molecule has 0 radical (unpaired) electrons. The number of benzene rings is 1. The monoisotopic (exact) mass is 304 g/mol. The van der Waals surface area contributed by atoms with E-state index in [2.05, 4.69) is 20.9 Å². The van der Waals surface area contributed by atoms with Crippen molar-refractivity contribution in [3.05, 3.63) is 48.2 Å². The fourth-order valence-electron chi connectivity index (χ4n) is 2.48. The van der Waals surface area contributed by atoms with Gasteiger partial charge in [-0.15, -0.1) is 0 Å². The zero-order valence-corrected chi connectivity index (χ0v) is 12.6. The molecular formula is C14H16N4O2S. The highest BCUT2D eigenvalue weighted by atomic mass is 32.2. The smallest absolute Gasteiger partial charge is 0.229 e. The molecule has 21 heavy (non-hydrogen) atoms.